The van der Waals surface area contributed by atoms with Crippen LogP contribution >= 0.6 is 0 Å². The molecule has 4 aromatic rings. The molecule has 1 atom stereocenters. The van der Waals surface area contributed by atoms with Crippen LogP contribution in [-0.4, -0.2) is 23.6 Å². The fourth-order valence-electron chi connectivity index (χ4n) is 5.53. The van der Waals surface area contributed by atoms with Crippen LogP contribution in [0.25, 0.3) is 10.9 Å². The van der Waals surface area contributed by atoms with Crippen LogP contribution in [0.5, 0.6) is 0 Å². The zero-order chi connectivity index (χ0) is 23.3. The van der Waals surface area contributed by atoms with Crippen molar-refractivity contribution in [3.63, 3.8) is 0 Å². The van der Waals surface area contributed by atoms with E-state index in [-0.39, 0.29) is 5.97 Å². The van der Waals surface area contributed by atoms with Gasteiger partial charge < -0.3 is 14.2 Å². The molecule has 168 valence electrons. The highest BCUT2D eigenvalue weighted by Crippen LogP contribution is 2.51. The van der Waals surface area contributed by atoms with Crippen LogP contribution in [0, 0.1) is 13.8 Å². The van der Waals surface area contributed by atoms with E-state index in [0.29, 0.717) is 5.56 Å². The van der Waals surface area contributed by atoms with Crippen LogP contribution in [0.2, 0.25) is 0 Å². The topological polar surface area (TPSA) is 34.5 Å². The van der Waals surface area contributed by atoms with E-state index in [1.807, 2.05) is 24.3 Å². The second-order valence-electron chi connectivity index (χ2n) is 8.82. The van der Waals surface area contributed by atoms with E-state index in [1.165, 1.54) is 5.69 Å². The molecule has 0 radical (unpaired) electrons. The standard InChI is InChI=1S/C29H30N2O2/c1-6-31(7-2)21-16-17-24(19(3)18-21)29(25-14-10-8-12-22(25)28(32)33-29)27-20(4)30(5)26-15-11-9-13-23(26)27/h8-18H,6-7H2,1-5H3/t29-/m1/s1. The summed E-state index contributed by atoms with van der Waals surface area (Å²) in [6, 6.07) is 22.7. The third-order valence-electron chi connectivity index (χ3n) is 7.24. The Hall–Kier alpha value is -3.53. The Balaban J connectivity index is 1.87. The predicted molar refractivity (Wildman–Crippen MR) is 134 cm³/mol. The Morgan fingerprint density at radius 2 is 1.61 bits per heavy atom. The third kappa shape index (κ3) is 2.93. The number of aryl methyl sites for hydroxylation is 2. The molecule has 0 spiro atoms. The van der Waals surface area contributed by atoms with E-state index in [9.17, 15) is 4.79 Å². The van der Waals surface area contributed by atoms with Gasteiger partial charge in [0.05, 0.1) is 5.56 Å². The second-order valence-corrected chi connectivity index (χ2v) is 8.82. The van der Waals surface area contributed by atoms with Gasteiger partial charge in [-0.3, -0.25) is 0 Å². The van der Waals surface area contributed by atoms with Crippen molar-refractivity contribution < 1.29 is 9.53 Å². The molecule has 1 aliphatic rings. The van der Waals surface area contributed by atoms with Gasteiger partial charge in [0.1, 0.15) is 0 Å². The van der Waals surface area contributed by atoms with Gasteiger partial charge in [-0.05, 0) is 57.5 Å². The molecular formula is C29H30N2O2. The van der Waals surface area contributed by atoms with Gasteiger partial charge in [-0.1, -0.05) is 42.5 Å². The Morgan fingerprint density at radius 3 is 2.33 bits per heavy atom. The summed E-state index contributed by atoms with van der Waals surface area (Å²) in [6.45, 7) is 10.5. The average molecular weight is 439 g/mol. The Kier molecular flexibility index (Phi) is 5.04. The first kappa shape index (κ1) is 21.3. The van der Waals surface area contributed by atoms with Crippen LogP contribution in [0.3, 0.4) is 0 Å². The number of cyclic esters (lactones) is 1. The molecular weight excluding hydrogens is 408 g/mol. The quantitative estimate of drug-likeness (QED) is 0.353. The van der Waals surface area contributed by atoms with Crippen molar-refractivity contribution >= 4 is 22.6 Å². The number of aromatic nitrogens is 1. The highest BCUT2D eigenvalue weighted by Gasteiger charge is 2.51. The lowest BCUT2D eigenvalue weighted by molar-refractivity contribution is 0.0252. The summed E-state index contributed by atoms with van der Waals surface area (Å²) in [7, 11) is 2.08. The fraction of sp³-hybridized carbons (Fsp3) is 0.276. The molecule has 2 heterocycles. The van der Waals surface area contributed by atoms with E-state index >= 15 is 0 Å². The summed E-state index contributed by atoms with van der Waals surface area (Å²) in [4.78, 5) is 15.6. The number of nitrogens with zero attached hydrogens (tertiary/aromatic N) is 2. The largest absolute Gasteiger partial charge is 0.440 e. The van der Waals surface area contributed by atoms with Crippen molar-refractivity contribution in [3.8, 4) is 0 Å². The third-order valence-corrected chi connectivity index (χ3v) is 7.24. The average Bonchev–Trinajstić information content (AvgIpc) is 3.26. The van der Waals surface area contributed by atoms with E-state index in [4.69, 9.17) is 4.74 Å². The number of hydrogen-bond acceptors (Lipinski definition) is 3. The van der Waals surface area contributed by atoms with Gasteiger partial charge in [0, 0.05) is 59.1 Å². The summed E-state index contributed by atoms with van der Waals surface area (Å²) in [5.41, 5.74) is 7.11. The zero-order valence-electron chi connectivity index (χ0n) is 20.0. The maximum Gasteiger partial charge on any atom is 0.340 e. The van der Waals surface area contributed by atoms with Gasteiger partial charge in [-0.2, -0.15) is 0 Å². The van der Waals surface area contributed by atoms with E-state index in [1.54, 1.807) is 0 Å². The summed E-state index contributed by atoms with van der Waals surface area (Å²) in [5, 5.41) is 1.11. The van der Waals surface area contributed by atoms with Crippen molar-refractivity contribution in [2.75, 3.05) is 18.0 Å². The van der Waals surface area contributed by atoms with E-state index < -0.39 is 5.60 Å². The molecule has 0 unspecified atom stereocenters. The number of fused-ring (bicyclic) bond motifs is 2. The molecule has 0 amide bonds. The number of carbonyl (C=O) groups is 1. The van der Waals surface area contributed by atoms with Gasteiger partial charge in [-0.25, -0.2) is 4.79 Å². The van der Waals surface area contributed by atoms with E-state index in [2.05, 4.69) is 86.7 Å². The van der Waals surface area contributed by atoms with Gasteiger partial charge in [0.25, 0.3) is 0 Å². The number of benzene rings is 3. The summed E-state index contributed by atoms with van der Waals surface area (Å²) >= 11 is 0. The van der Waals surface area contributed by atoms with E-state index in [0.717, 1.165) is 51.9 Å². The maximum atomic E-state index is 13.2. The lowest BCUT2D eigenvalue weighted by Gasteiger charge is -2.33. The van der Waals surface area contributed by atoms with Crippen molar-refractivity contribution in [1.29, 1.82) is 0 Å². The highest BCUT2D eigenvalue weighted by atomic mass is 16.6. The maximum absolute atomic E-state index is 13.2. The Labute approximate surface area is 195 Å². The van der Waals surface area contributed by atoms with Gasteiger partial charge in [0.2, 0.25) is 0 Å². The first-order valence-corrected chi connectivity index (χ1v) is 11.7. The number of ether oxygens (including phenoxy) is 1. The van der Waals surface area contributed by atoms with Crippen LogP contribution in [0.1, 0.15) is 52.2 Å². The molecule has 0 saturated heterocycles. The van der Waals surface area contributed by atoms with Gasteiger partial charge in [0.15, 0.2) is 5.60 Å². The first-order chi connectivity index (χ1) is 15.9. The van der Waals surface area contributed by atoms with Gasteiger partial charge >= 0.3 is 5.97 Å². The predicted octanol–water partition coefficient (Wildman–Crippen LogP) is 6.10. The summed E-state index contributed by atoms with van der Waals surface area (Å²) in [5.74, 6) is -0.273. The molecule has 0 N–H and O–H groups in total. The number of para-hydroxylation sites is 1. The van der Waals surface area contributed by atoms with Crippen molar-refractivity contribution in [1.82, 2.24) is 4.57 Å². The monoisotopic (exact) mass is 438 g/mol. The molecule has 5 rings (SSSR count). The summed E-state index contributed by atoms with van der Waals surface area (Å²) < 4.78 is 8.66. The Bertz CT molecular complexity index is 1380. The molecule has 0 fully saturated rings. The van der Waals surface area contributed by atoms with Crippen LogP contribution in [0.15, 0.2) is 66.7 Å². The molecule has 1 aromatic heterocycles. The lowest BCUT2D eigenvalue weighted by atomic mass is 9.77. The number of carbonyl (C=O) groups excluding carboxylic acids is 1. The van der Waals surface area contributed by atoms with Crippen LogP contribution in [-0.2, 0) is 17.4 Å². The minimum atomic E-state index is -0.996. The van der Waals surface area contributed by atoms with Crippen molar-refractivity contribution in [2.45, 2.75) is 33.3 Å². The number of esters is 1. The zero-order valence-corrected chi connectivity index (χ0v) is 20.0. The summed E-state index contributed by atoms with van der Waals surface area (Å²) in [6.07, 6.45) is 0. The molecule has 1 aliphatic heterocycles. The number of hydrogen-bond donors (Lipinski definition) is 0. The minimum absolute atomic E-state index is 0.273. The highest BCUT2D eigenvalue weighted by molar-refractivity contribution is 5.98. The molecule has 4 heteroatoms. The number of rotatable bonds is 5. The molecule has 0 bridgehead atoms. The first-order valence-electron chi connectivity index (χ1n) is 11.7. The SMILES string of the molecule is CCN(CC)c1ccc([C@@]2(c3c(C)n(C)c4ccccc34)OC(=O)c3ccccc32)c(C)c1. The molecule has 3 aromatic carbocycles. The lowest BCUT2D eigenvalue weighted by Crippen LogP contribution is -2.31. The smallest absolute Gasteiger partial charge is 0.340 e. The Morgan fingerprint density at radius 1 is 0.909 bits per heavy atom. The normalized spacial score (nSPS) is 17.3. The number of anilines is 1. The van der Waals surface area contributed by atoms with Crippen molar-refractivity contribution in [3.05, 3.63) is 100 Å². The fourth-order valence-corrected chi connectivity index (χ4v) is 5.53. The molecule has 0 saturated carbocycles. The molecule has 33 heavy (non-hydrogen) atoms. The molecule has 0 aliphatic carbocycles. The van der Waals surface area contributed by atoms with Gasteiger partial charge in [-0.15, -0.1) is 0 Å². The minimum Gasteiger partial charge on any atom is -0.440 e. The van der Waals surface area contributed by atoms with Crippen LogP contribution in [0.4, 0.5) is 5.69 Å². The molecule has 4 nitrogen and oxygen atoms in total. The van der Waals surface area contributed by atoms with Crippen LogP contribution < -0.4 is 4.90 Å². The van der Waals surface area contributed by atoms with Crippen molar-refractivity contribution in [2.24, 2.45) is 7.05 Å². The second kappa shape index (κ2) is 7.80.